The summed E-state index contributed by atoms with van der Waals surface area (Å²) >= 11 is 1.57. The predicted molar refractivity (Wildman–Crippen MR) is 98.6 cm³/mol. The Bertz CT molecular complexity index is 972. The quantitative estimate of drug-likeness (QED) is 0.607. The second-order valence-corrected chi connectivity index (χ2v) is 7.81. The van der Waals surface area contributed by atoms with Gasteiger partial charge in [0.05, 0.1) is 17.4 Å². The molecule has 0 spiro atoms. The van der Waals surface area contributed by atoms with Gasteiger partial charge in [-0.1, -0.05) is 56.4 Å². The number of pyridine rings is 1. The van der Waals surface area contributed by atoms with Crippen LogP contribution in [0.2, 0.25) is 0 Å². The minimum atomic E-state index is 0.0373. The van der Waals surface area contributed by atoms with Gasteiger partial charge in [-0.05, 0) is 11.6 Å². The average Bonchev–Trinajstić information content (AvgIpc) is 3.11. The Hall–Kier alpha value is -2.47. The number of nitrogens with one attached hydrogen (secondary N) is 1. The van der Waals surface area contributed by atoms with E-state index in [-0.39, 0.29) is 5.41 Å². The van der Waals surface area contributed by atoms with Crippen LogP contribution in [0.3, 0.4) is 0 Å². The Morgan fingerprint density at radius 1 is 1.17 bits per heavy atom. The SMILES string of the molecule is CC(C)(C)c1cn2nc(NCc3cccc4cccnc34)sc2n1. The fourth-order valence-corrected chi connectivity index (χ4v) is 3.39. The van der Waals surface area contributed by atoms with E-state index in [0.29, 0.717) is 6.54 Å². The number of imidazole rings is 1. The first kappa shape index (κ1) is 15.1. The molecular formula is C18H19N5S. The maximum Gasteiger partial charge on any atom is 0.214 e. The molecule has 0 unspecified atom stereocenters. The molecule has 5 nitrogen and oxygen atoms in total. The molecule has 6 heteroatoms. The molecule has 4 rings (SSSR count). The Kier molecular flexibility index (Phi) is 3.49. The molecule has 0 atom stereocenters. The molecule has 3 heterocycles. The van der Waals surface area contributed by atoms with Gasteiger partial charge >= 0.3 is 0 Å². The van der Waals surface area contributed by atoms with Gasteiger partial charge in [0.1, 0.15) is 0 Å². The zero-order valence-electron chi connectivity index (χ0n) is 13.9. The lowest BCUT2D eigenvalue weighted by molar-refractivity contribution is 0.572. The first-order valence-electron chi connectivity index (χ1n) is 7.94. The van der Waals surface area contributed by atoms with Crippen LogP contribution >= 0.6 is 11.3 Å². The van der Waals surface area contributed by atoms with Crippen LogP contribution in [0.1, 0.15) is 32.0 Å². The molecule has 0 aliphatic carbocycles. The van der Waals surface area contributed by atoms with Gasteiger partial charge in [-0.2, -0.15) is 0 Å². The maximum absolute atomic E-state index is 4.68. The van der Waals surface area contributed by atoms with Crippen LogP contribution in [-0.4, -0.2) is 19.6 Å². The predicted octanol–water partition coefficient (Wildman–Crippen LogP) is 4.25. The topological polar surface area (TPSA) is 55.1 Å². The summed E-state index contributed by atoms with van der Waals surface area (Å²) in [5.74, 6) is 0. The van der Waals surface area contributed by atoms with Gasteiger partial charge < -0.3 is 5.32 Å². The van der Waals surface area contributed by atoms with Gasteiger partial charge in [-0.15, -0.1) is 5.10 Å². The summed E-state index contributed by atoms with van der Waals surface area (Å²) in [4.78, 5) is 10.1. The molecule has 3 aromatic heterocycles. The molecule has 1 aromatic carbocycles. The van der Waals surface area contributed by atoms with Crippen molar-refractivity contribution in [2.75, 3.05) is 5.32 Å². The van der Waals surface area contributed by atoms with E-state index in [9.17, 15) is 0 Å². The van der Waals surface area contributed by atoms with Crippen LogP contribution in [-0.2, 0) is 12.0 Å². The number of aromatic nitrogens is 4. The highest BCUT2D eigenvalue weighted by Gasteiger charge is 2.19. The first-order chi connectivity index (χ1) is 11.5. The standard InChI is InChI=1S/C18H19N5S/c1-18(2,3)14-11-23-17(21-14)24-16(22-23)20-10-13-7-4-6-12-8-5-9-19-15(12)13/h4-9,11H,10H2,1-3H3,(H,20,22). The summed E-state index contributed by atoms with van der Waals surface area (Å²) in [6.07, 6.45) is 3.84. The van der Waals surface area contributed by atoms with E-state index in [1.165, 1.54) is 0 Å². The molecule has 0 radical (unpaired) electrons. The smallest absolute Gasteiger partial charge is 0.214 e. The van der Waals surface area contributed by atoms with Crippen LogP contribution in [0, 0.1) is 0 Å². The number of para-hydroxylation sites is 1. The molecule has 0 amide bonds. The van der Waals surface area contributed by atoms with Gasteiger partial charge in [-0.25, -0.2) is 9.50 Å². The summed E-state index contributed by atoms with van der Waals surface area (Å²) < 4.78 is 1.86. The summed E-state index contributed by atoms with van der Waals surface area (Å²) in [5, 5.41) is 10.00. The van der Waals surface area contributed by atoms with E-state index < -0.39 is 0 Å². The van der Waals surface area contributed by atoms with E-state index in [4.69, 9.17) is 0 Å². The van der Waals surface area contributed by atoms with Crippen molar-refractivity contribution in [2.24, 2.45) is 0 Å². The van der Waals surface area contributed by atoms with Crippen LogP contribution in [0.4, 0.5) is 5.13 Å². The van der Waals surface area contributed by atoms with Gasteiger partial charge in [0.25, 0.3) is 0 Å². The Labute approximate surface area is 144 Å². The van der Waals surface area contributed by atoms with E-state index in [1.54, 1.807) is 11.3 Å². The lowest BCUT2D eigenvalue weighted by Crippen LogP contribution is -2.11. The summed E-state index contributed by atoms with van der Waals surface area (Å²) in [5.41, 5.74) is 3.29. The number of hydrogen-bond acceptors (Lipinski definition) is 5. The fourth-order valence-electron chi connectivity index (χ4n) is 2.61. The normalized spacial score (nSPS) is 12.1. The number of benzene rings is 1. The zero-order chi connectivity index (χ0) is 16.7. The van der Waals surface area contributed by atoms with E-state index in [0.717, 1.165) is 32.3 Å². The lowest BCUT2D eigenvalue weighted by Gasteiger charge is -2.13. The number of fused-ring (bicyclic) bond motifs is 2. The van der Waals surface area contributed by atoms with Crippen molar-refractivity contribution in [3.8, 4) is 0 Å². The molecule has 122 valence electrons. The number of nitrogens with zero attached hydrogens (tertiary/aromatic N) is 4. The monoisotopic (exact) mass is 337 g/mol. The Morgan fingerprint density at radius 3 is 2.79 bits per heavy atom. The minimum Gasteiger partial charge on any atom is -0.356 e. The van der Waals surface area contributed by atoms with Crippen molar-refractivity contribution in [1.82, 2.24) is 19.6 Å². The molecule has 1 N–H and O–H groups in total. The summed E-state index contributed by atoms with van der Waals surface area (Å²) in [6.45, 7) is 7.17. The largest absolute Gasteiger partial charge is 0.356 e. The van der Waals surface area contributed by atoms with Crippen LogP contribution in [0.25, 0.3) is 15.9 Å². The summed E-state index contributed by atoms with van der Waals surface area (Å²) in [7, 11) is 0. The second-order valence-electron chi connectivity index (χ2n) is 6.86. The number of hydrogen-bond donors (Lipinski definition) is 1. The zero-order valence-corrected chi connectivity index (χ0v) is 14.8. The summed E-state index contributed by atoms with van der Waals surface area (Å²) in [6, 6.07) is 10.3. The molecule has 0 bridgehead atoms. The average molecular weight is 337 g/mol. The molecule has 0 aliphatic heterocycles. The van der Waals surface area contributed by atoms with Crippen molar-refractivity contribution in [2.45, 2.75) is 32.7 Å². The minimum absolute atomic E-state index is 0.0373. The third kappa shape index (κ3) is 2.73. The molecule has 4 aromatic rings. The van der Waals surface area contributed by atoms with Gasteiger partial charge in [-0.3, -0.25) is 4.98 Å². The van der Waals surface area contributed by atoms with Crippen molar-refractivity contribution >= 4 is 32.3 Å². The van der Waals surface area contributed by atoms with Gasteiger partial charge in [0.15, 0.2) is 0 Å². The van der Waals surface area contributed by atoms with Crippen molar-refractivity contribution in [3.05, 3.63) is 54.0 Å². The fraction of sp³-hybridized carbons (Fsp3) is 0.278. The highest BCUT2D eigenvalue weighted by Crippen LogP contribution is 2.26. The molecule has 0 saturated heterocycles. The molecule has 24 heavy (non-hydrogen) atoms. The molecule has 0 aliphatic rings. The van der Waals surface area contributed by atoms with Gasteiger partial charge in [0.2, 0.25) is 10.1 Å². The van der Waals surface area contributed by atoms with E-state index >= 15 is 0 Å². The first-order valence-corrected chi connectivity index (χ1v) is 8.75. The van der Waals surface area contributed by atoms with Crippen LogP contribution in [0.15, 0.2) is 42.7 Å². The third-order valence-electron chi connectivity index (χ3n) is 3.96. The van der Waals surface area contributed by atoms with Crippen molar-refractivity contribution in [3.63, 3.8) is 0 Å². The van der Waals surface area contributed by atoms with Crippen LogP contribution in [0.5, 0.6) is 0 Å². The second kappa shape index (κ2) is 5.56. The number of rotatable bonds is 3. The Balaban J connectivity index is 1.57. The van der Waals surface area contributed by atoms with Crippen LogP contribution < -0.4 is 5.32 Å². The highest BCUT2D eigenvalue weighted by molar-refractivity contribution is 7.20. The lowest BCUT2D eigenvalue weighted by atomic mass is 9.93. The Morgan fingerprint density at radius 2 is 2.00 bits per heavy atom. The van der Waals surface area contributed by atoms with E-state index in [1.807, 2.05) is 23.0 Å². The van der Waals surface area contributed by atoms with E-state index in [2.05, 4.69) is 65.4 Å². The third-order valence-corrected chi connectivity index (χ3v) is 4.84. The number of anilines is 1. The molecule has 0 fully saturated rings. The maximum atomic E-state index is 4.68. The van der Waals surface area contributed by atoms with Crippen molar-refractivity contribution in [1.29, 1.82) is 0 Å². The van der Waals surface area contributed by atoms with Gasteiger partial charge in [0, 0.05) is 23.5 Å². The molecular weight excluding hydrogens is 318 g/mol. The highest BCUT2D eigenvalue weighted by atomic mass is 32.1. The molecule has 0 saturated carbocycles. The van der Waals surface area contributed by atoms with Crippen molar-refractivity contribution < 1.29 is 0 Å².